The van der Waals surface area contributed by atoms with Crippen molar-refractivity contribution in [3.8, 4) is 0 Å². The molecule has 0 saturated carbocycles. The first-order chi connectivity index (χ1) is 7.15. The Bertz CT molecular complexity index is 385. The quantitative estimate of drug-likeness (QED) is 0.725. The molecule has 82 valence electrons. The highest BCUT2D eigenvalue weighted by molar-refractivity contribution is 5.81. The van der Waals surface area contributed by atoms with E-state index in [9.17, 15) is 4.79 Å². The number of nitrogens with zero attached hydrogens (tertiary/aromatic N) is 4. The molecule has 0 unspecified atom stereocenters. The molecule has 1 amide bonds. The van der Waals surface area contributed by atoms with Gasteiger partial charge >= 0.3 is 0 Å². The normalized spacial score (nSPS) is 20.6. The SMILES string of the molecule is CCCN1Cc2nnc(C)n2[C@H](C)C1=O. The Balaban J connectivity index is 2.34. The first kappa shape index (κ1) is 10.1. The summed E-state index contributed by atoms with van der Waals surface area (Å²) in [5, 5.41) is 8.10. The van der Waals surface area contributed by atoms with E-state index in [-0.39, 0.29) is 11.9 Å². The maximum atomic E-state index is 12.0. The minimum atomic E-state index is -0.157. The number of carbonyl (C=O) groups is 1. The molecule has 1 atom stereocenters. The zero-order valence-corrected chi connectivity index (χ0v) is 9.40. The van der Waals surface area contributed by atoms with Gasteiger partial charge in [0.1, 0.15) is 11.9 Å². The molecule has 1 aliphatic rings. The largest absolute Gasteiger partial charge is 0.333 e. The van der Waals surface area contributed by atoms with Crippen LogP contribution >= 0.6 is 0 Å². The summed E-state index contributed by atoms with van der Waals surface area (Å²) in [6, 6.07) is -0.157. The Kier molecular flexibility index (Phi) is 2.46. The average Bonchev–Trinajstić information content (AvgIpc) is 2.56. The molecule has 5 nitrogen and oxygen atoms in total. The molecule has 0 spiro atoms. The second kappa shape index (κ2) is 3.64. The molecule has 0 fully saturated rings. The molecule has 15 heavy (non-hydrogen) atoms. The van der Waals surface area contributed by atoms with Crippen LogP contribution in [0.5, 0.6) is 0 Å². The Morgan fingerprint density at radius 2 is 2.20 bits per heavy atom. The van der Waals surface area contributed by atoms with Gasteiger partial charge in [0, 0.05) is 6.54 Å². The zero-order valence-electron chi connectivity index (χ0n) is 9.40. The fourth-order valence-corrected chi connectivity index (χ4v) is 2.11. The lowest BCUT2D eigenvalue weighted by atomic mass is 10.2. The smallest absolute Gasteiger partial charge is 0.245 e. The highest BCUT2D eigenvalue weighted by atomic mass is 16.2. The number of aromatic nitrogens is 3. The van der Waals surface area contributed by atoms with E-state index < -0.39 is 0 Å². The van der Waals surface area contributed by atoms with Crippen LogP contribution in [0.25, 0.3) is 0 Å². The second-order valence-electron chi connectivity index (χ2n) is 3.97. The van der Waals surface area contributed by atoms with Crippen molar-refractivity contribution in [2.45, 2.75) is 39.8 Å². The molecule has 0 saturated heterocycles. The monoisotopic (exact) mass is 208 g/mol. The van der Waals surface area contributed by atoms with Crippen molar-refractivity contribution >= 4 is 5.91 Å². The standard InChI is InChI=1S/C10H16N4O/c1-4-5-13-6-9-12-11-8(3)14(9)7(2)10(13)15/h7H,4-6H2,1-3H3/t7-/m1/s1. The summed E-state index contributed by atoms with van der Waals surface area (Å²) in [5.74, 6) is 1.89. The van der Waals surface area contributed by atoms with Gasteiger partial charge in [-0.2, -0.15) is 0 Å². The van der Waals surface area contributed by atoms with E-state index in [1.165, 1.54) is 0 Å². The van der Waals surface area contributed by atoms with Crippen LogP contribution in [0.3, 0.4) is 0 Å². The van der Waals surface area contributed by atoms with Crippen LogP contribution in [-0.4, -0.2) is 32.1 Å². The van der Waals surface area contributed by atoms with E-state index in [0.29, 0.717) is 6.54 Å². The Hall–Kier alpha value is -1.39. The van der Waals surface area contributed by atoms with Gasteiger partial charge in [-0.1, -0.05) is 6.92 Å². The van der Waals surface area contributed by atoms with E-state index in [2.05, 4.69) is 17.1 Å². The Morgan fingerprint density at radius 1 is 1.47 bits per heavy atom. The fraction of sp³-hybridized carbons (Fsp3) is 0.700. The topological polar surface area (TPSA) is 51.0 Å². The molecule has 2 rings (SSSR count). The van der Waals surface area contributed by atoms with Gasteiger partial charge in [-0.15, -0.1) is 10.2 Å². The molecular formula is C10H16N4O. The van der Waals surface area contributed by atoms with Gasteiger partial charge in [0.05, 0.1) is 6.54 Å². The van der Waals surface area contributed by atoms with Gasteiger partial charge in [-0.25, -0.2) is 0 Å². The molecule has 1 aromatic heterocycles. The summed E-state index contributed by atoms with van der Waals surface area (Å²) in [5.41, 5.74) is 0. The highest BCUT2D eigenvalue weighted by Gasteiger charge is 2.31. The highest BCUT2D eigenvalue weighted by Crippen LogP contribution is 2.22. The number of aryl methyl sites for hydroxylation is 1. The molecule has 0 bridgehead atoms. The third-order valence-electron chi connectivity index (χ3n) is 2.82. The molecule has 0 aliphatic carbocycles. The third-order valence-corrected chi connectivity index (χ3v) is 2.82. The Labute approximate surface area is 89.1 Å². The predicted molar refractivity (Wildman–Crippen MR) is 55.2 cm³/mol. The summed E-state index contributed by atoms with van der Waals surface area (Å²) in [4.78, 5) is 13.8. The Morgan fingerprint density at radius 3 is 2.87 bits per heavy atom. The van der Waals surface area contributed by atoms with E-state index in [0.717, 1.165) is 24.6 Å². The van der Waals surface area contributed by atoms with Crippen molar-refractivity contribution in [2.24, 2.45) is 0 Å². The van der Waals surface area contributed by atoms with Gasteiger partial charge in [0.15, 0.2) is 5.82 Å². The average molecular weight is 208 g/mol. The van der Waals surface area contributed by atoms with Crippen molar-refractivity contribution in [1.82, 2.24) is 19.7 Å². The molecular weight excluding hydrogens is 192 g/mol. The zero-order chi connectivity index (χ0) is 11.0. The van der Waals surface area contributed by atoms with E-state index >= 15 is 0 Å². The van der Waals surface area contributed by atoms with Gasteiger partial charge in [-0.3, -0.25) is 4.79 Å². The third kappa shape index (κ3) is 1.52. The number of hydrogen-bond acceptors (Lipinski definition) is 3. The van der Waals surface area contributed by atoms with Crippen LogP contribution in [0.2, 0.25) is 0 Å². The van der Waals surface area contributed by atoms with Crippen LogP contribution in [0.1, 0.15) is 38.0 Å². The lowest BCUT2D eigenvalue weighted by molar-refractivity contribution is -0.137. The minimum absolute atomic E-state index is 0.157. The van der Waals surface area contributed by atoms with Gasteiger partial charge in [0.2, 0.25) is 5.91 Å². The first-order valence-electron chi connectivity index (χ1n) is 5.34. The van der Waals surface area contributed by atoms with Crippen molar-refractivity contribution < 1.29 is 4.79 Å². The van der Waals surface area contributed by atoms with Gasteiger partial charge < -0.3 is 9.47 Å². The van der Waals surface area contributed by atoms with Crippen LogP contribution < -0.4 is 0 Å². The number of fused-ring (bicyclic) bond motifs is 1. The molecule has 1 aromatic rings. The number of hydrogen-bond donors (Lipinski definition) is 0. The minimum Gasteiger partial charge on any atom is -0.333 e. The number of carbonyl (C=O) groups excluding carboxylic acids is 1. The molecule has 1 aliphatic heterocycles. The summed E-state index contributed by atoms with van der Waals surface area (Å²) in [7, 11) is 0. The van der Waals surface area contributed by atoms with E-state index in [1.54, 1.807) is 0 Å². The molecule has 0 N–H and O–H groups in total. The summed E-state index contributed by atoms with van der Waals surface area (Å²) < 4.78 is 1.93. The summed E-state index contributed by atoms with van der Waals surface area (Å²) in [6.45, 7) is 7.26. The van der Waals surface area contributed by atoms with E-state index in [4.69, 9.17) is 0 Å². The predicted octanol–water partition coefficient (Wildman–Crippen LogP) is 0.900. The van der Waals surface area contributed by atoms with Gasteiger partial charge in [-0.05, 0) is 20.3 Å². The lowest BCUT2D eigenvalue weighted by Gasteiger charge is -2.31. The fourth-order valence-electron chi connectivity index (χ4n) is 2.11. The molecule has 0 radical (unpaired) electrons. The van der Waals surface area contributed by atoms with Gasteiger partial charge in [0.25, 0.3) is 0 Å². The first-order valence-corrected chi connectivity index (χ1v) is 5.34. The summed E-state index contributed by atoms with van der Waals surface area (Å²) in [6.07, 6.45) is 0.978. The maximum absolute atomic E-state index is 12.0. The van der Waals surface area contributed by atoms with Crippen LogP contribution in [0, 0.1) is 6.92 Å². The van der Waals surface area contributed by atoms with Crippen LogP contribution in [0.4, 0.5) is 0 Å². The number of amides is 1. The number of rotatable bonds is 2. The van der Waals surface area contributed by atoms with E-state index in [1.807, 2.05) is 23.3 Å². The van der Waals surface area contributed by atoms with Crippen LogP contribution in [0.15, 0.2) is 0 Å². The lowest BCUT2D eigenvalue weighted by Crippen LogP contribution is -2.42. The van der Waals surface area contributed by atoms with Crippen molar-refractivity contribution in [3.05, 3.63) is 11.6 Å². The maximum Gasteiger partial charge on any atom is 0.245 e. The van der Waals surface area contributed by atoms with Crippen molar-refractivity contribution in [1.29, 1.82) is 0 Å². The second-order valence-corrected chi connectivity index (χ2v) is 3.97. The van der Waals surface area contributed by atoms with Crippen molar-refractivity contribution in [2.75, 3.05) is 6.54 Å². The molecule has 5 heteroatoms. The summed E-state index contributed by atoms with van der Waals surface area (Å²) >= 11 is 0. The molecule has 2 heterocycles. The van der Waals surface area contributed by atoms with Crippen LogP contribution in [-0.2, 0) is 11.3 Å². The molecule has 0 aromatic carbocycles. The van der Waals surface area contributed by atoms with Crippen molar-refractivity contribution in [3.63, 3.8) is 0 Å².